The summed E-state index contributed by atoms with van der Waals surface area (Å²) < 4.78 is 0. The zero-order valence-corrected chi connectivity index (χ0v) is 14.0. The van der Waals surface area contributed by atoms with Crippen molar-refractivity contribution in [3.8, 4) is 0 Å². The van der Waals surface area contributed by atoms with E-state index in [1.807, 2.05) is 25.1 Å². The molecule has 0 aliphatic heterocycles. The van der Waals surface area contributed by atoms with Gasteiger partial charge in [-0.3, -0.25) is 9.59 Å². The van der Waals surface area contributed by atoms with Crippen molar-refractivity contribution in [3.63, 3.8) is 0 Å². The van der Waals surface area contributed by atoms with Gasteiger partial charge in [0.25, 0.3) is 0 Å². The van der Waals surface area contributed by atoms with E-state index in [1.165, 1.54) is 0 Å². The van der Waals surface area contributed by atoms with Crippen LogP contribution in [0.2, 0.25) is 0 Å². The van der Waals surface area contributed by atoms with Crippen molar-refractivity contribution >= 4 is 17.6 Å². The minimum absolute atomic E-state index is 0.110. The molecule has 0 saturated heterocycles. The van der Waals surface area contributed by atoms with Gasteiger partial charge >= 0.3 is 5.97 Å². The molecule has 2 N–H and O–H groups in total. The molecule has 0 spiro atoms. The number of nitrogens with one attached hydrogen (secondary N) is 1. The molecule has 0 aromatic heterocycles. The van der Waals surface area contributed by atoms with Gasteiger partial charge in [0.2, 0.25) is 5.91 Å². The van der Waals surface area contributed by atoms with Gasteiger partial charge in [-0.25, -0.2) is 0 Å². The maximum atomic E-state index is 12.9. The summed E-state index contributed by atoms with van der Waals surface area (Å²) in [6, 6.07) is 6.01. The van der Waals surface area contributed by atoms with Gasteiger partial charge in [0, 0.05) is 5.69 Å². The summed E-state index contributed by atoms with van der Waals surface area (Å²) in [5, 5.41) is 12.6. The number of fused-ring (bicyclic) bond motifs is 2. The Morgan fingerprint density at radius 3 is 2.43 bits per heavy atom. The van der Waals surface area contributed by atoms with Gasteiger partial charge in [-0.2, -0.15) is 0 Å². The highest BCUT2D eigenvalue weighted by Gasteiger charge is 2.54. The Bertz CT molecular complexity index is 638. The summed E-state index contributed by atoms with van der Waals surface area (Å²) in [6.07, 6.45) is 2.82. The van der Waals surface area contributed by atoms with E-state index in [-0.39, 0.29) is 23.7 Å². The number of rotatable bonds is 4. The third-order valence-corrected chi connectivity index (χ3v) is 5.68. The molecule has 1 aromatic rings. The number of carboxylic acid groups (broad SMARTS) is 1. The molecular formula is C19H25NO3. The van der Waals surface area contributed by atoms with Gasteiger partial charge in [0.05, 0.1) is 11.8 Å². The first kappa shape index (κ1) is 16.0. The Morgan fingerprint density at radius 1 is 1.17 bits per heavy atom. The average Bonchev–Trinajstić information content (AvgIpc) is 3.09. The number of para-hydroxylation sites is 1. The molecule has 0 radical (unpaired) electrons. The third-order valence-electron chi connectivity index (χ3n) is 5.68. The highest BCUT2D eigenvalue weighted by Crippen LogP contribution is 2.52. The lowest BCUT2D eigenvalue weighted by Crippen LogP contribution is -2.38. The Kier molecular flexibility index (Phi) is 4.17. The van der Waals surface area contributed by atoms with E-state index in [0.717, 1.165) is 36.1 Å². The van der Waals surface area contributed by atoms with E-state index in [1.54, 1.807) is 0 Å². The number of amides is 1. The molecule has 0 heterocycles. The number of carbonyl (C=O) groups excluding carboxylic acids is 1. The molecule has 2 saturated carbocycles. The molecule has 2 fully saturated rings. The lowest BCUT2D eigenvalue weighted by atomic mass is 9.78. The Balaban J connectivity index is 1.87. The van der Waals surface area contributed by atoms with Crippen LogP contribution in [-0.4, -0.2) is 17.0 Å². The van der Waals surface area contributed by atoms with Crippen molar-refractivity contribution in [3.05, 3.63) is 29.3 Å². The van der Waals surface area contributed by atoms with Crippen molar-refractivity contribution in [2.24, 2.45) is 23.7 Å². The summed E-state index contributed by atoms with van der Waals surface area (Å²) in [6.45, 7) is 6.18. The van der Waals surface area contributed by atoms with E-state index in [2.05, 4.69) is 19.2 Å². The van der Waals surface area contributed by atoms with E-state index < -0.39 is 11.9 Å². The van der Waals surface area contributed by atoms with Gasteiger partial charge in [-0.1, -0.05) is 32.0 Å². The van der Waals surface area contributed by atoms with Crippen molar-refractivity contribution in [2.45, 2.75) is 46.0 Å². The highest BCUT2D eigenvalue weighted by molar-refractivity contribution is 5.97. The van der Waals surface area contributed by atoms with Crippen LogP contribution in [0.5, 0.6) is 0 Å². The van der Waals surface area contributed by atoms with Gasteiger partial charge in [0.15, 0.2) is 0 Å². The van der Waals surface area contributed by atoms with Crippen LogP contribution in [0.3, 0.4) is 0 Å². The lowest BCUT2D eigenvalue weighted by molar-refractivity contribution is -0.148. The zero-order chi connectivity index (χ0) is 16.7. The molecule has 2 bridgehead atoms. The van der Waals surface area contributed by atoms with Gasteiger partial charge in [-0.05, 0) is 55.1 Å². The molecule has 1 amide bonds. The minimum atomic E-state index is -0.814. The maximum Gasteiger partial charge on any atom is 0.307 e. The van der Waals surface area contributed by atoms with Crippen LogP contribution in [0.4, 0.5) is 5.69 Å². The first-order valence-electron chi connectivity index (χ1n) is 8.53. The van der Waals surface area contributed by atoms with Gasteiger partial charge in [0.1, 0.15) is 0 Å². The smallest absolute Gasteiger partial charge is 0.307 e. The number of anilines is 1. The molecule has 1 aromatic carbocycles. The van der Waals surface area contributed by atoms with E-state index >= 15 is 0 Å². The molecule has 3 rings (SSSR count). The monoisotopic (exact) mass is 315 g/mol. The van der Waals surface area contributed by atoms with Crippen LogP contribution < -0.4 is 5.32 Å². The summed E-state index contributed by atoms with van der Waals surface area (Å²) in [4.78, 5) is 24.5. The number of hydrogen-bond acceptors (Lipinski definition) is 2. The number of carboxylic acids is 1. The van der Waals surface area contributed by atoms with Crippen molar-refractivity contribution in [1.29, 1.82) is 0 Å². The number of carbonyl (C=O) groups is 2. The fourth-order valence-corrected chi connectivity index (χ4v) is 4.57. The van der Waals surface area contributed by atoms with Crippen molar-refractivity contribution < 1.29 is 14.7 Å². The fourth-order valence-electron chi connectivity index (χ4n) is 4.57. The second-order valence-electron chi connectivity index (χ2n) is 7.41. The quantitative estimate of drug-likeness (QED) is 0.888. The van der Waals surface area contributed by atoms with E-state index in [4.69, 9.17) is 0 Å². The van der Waals surface area contributed by atoms with Crippen LogP contribution >= 0.6 is 0 Å². The second-order valence-corrected chi connectivity index (χ2v) is 7.41. The first-order valence-corrected chi connectivity index (χ1v) is 8.53. The van der Waals surface area contributed by atoms with Crippen LogP contribution in [0.15, 0.2) is 18.2 Å². The molecule has 4 heteroatoms. The lowest BCUT2D eigenvalue weighted by Gasteiger charge is -2.28. The molecule has 4 atom stereocenters. The molecule has 2 aliphatic carbocycles. The number of aryl methyl sites for hydroxylation is 1. The van der Waals surface area contributed by atoms with Crippen LogP contribution in [0, 0.1) is 30.6 Å². The fraction of sp³-hybridized carbons (Fsp3) is 0.579. The number of benzene rings is 1. The maximum absolute atomic E-state index is 12.9. The zero-order valence-electron chi connectivity index (χ0n) is 14.0. The molecule has 124 valence electrons. The first-order chi connectivity index (χ1) is 10.9. The second kappa shape index (κ2) is 5.99. The summed E-state index contributed by atoms with van der Waals surface area (Å²) in [7, 11) is 0. The number of aliphatic carboxylic acids is 1. The molecule has 4 nitrogen and oxygen atoms in total. The highest BCUT2D eigenvalue weighted by atomic mass is 16.4. The van der Waals surface area contributed by atoms with Crippen LogP contribution in [0.1, 0.15) is 50.2 Å². The van der Waals surface area contributed by atoms with Crippen LogP contribution in [0.25, 0.3) is 0 Å². The Labute approximate surface area is 137 Å². The summed E-state index contributed by atoms with van der Waals surface area (Å²) >= 11 is 0. The summed E-state index contributed by atoms with van der Waals surface area (Å²) in [5.41, 5.74) is 2.99. The molecule has 2 aliphatic rings. The number of hydrogen-bond donors (Lipinski definition) is 2. The summed E-state index contributed by atoms with van der Waals surface area (Å²) in [5.74, 6) is -1.11. The SMILES string of the molecule is Cc1cccc(C(C)C)c1NC(=O)C1C2CCC(C2)C1C(=O)O. The predicted molar refractivity (Wildman–Crippen MR) is 89.3 cm³/mol. The van der Waals surface area contributed by atoms with E-state index in [0.29, 0.717) is 5.92 Å². The molecule has 23 heavy (non-hydrogen) atoms. The largest absolute Gasteiger partial charge is 0.481 e. The van der Waals surface area contributed by atoms with E-state index in [9.17, 15) is 14.7 Å². The van der Waals surface area contributed by atoms with Crippen molar-refractivity contribution in [2.75, 3.05) is 5.32 Å². The van der Waals surface area contributed by atoms with Gasteiger partial charge < -0.3 is 10.4 Å². The standard InChI is InChI=1S/C19H25NO3/c1-10(2)14-6-4-5-11(3)17(14)20-18(21)15-12-7-8-13(9-12)16(15)19(22)23/h4-6,10,12-13,15-16H,7-9H2,1-3H3,(H,20,21)(H,22,23). The topological polar surface area (TPSA) is 66.4 Å². The Hall–Kier alpha value is -1.84. The van der Waals surface area contributed by atoms with Crippen molar-refractivity contribution in [1.82, 2.24) is 0 Å². The van der Waals surface area contributed by atoms with Gasteiger partial charge in [-0.15, -0.1) is 0 Å². The van der Waals surface area contributed by atoms with Crippen LogP contribution in [-0.2, 0) is 9.59 Å². The minimum Gasteiger partial charge on any atom is -0.481 e. The Morgan fingerprint density at radius 2 is 1.83 bits per heavy atom. The average molecular weight is 315 g/mol. The predicted octanol–water partition coefficient (Wildman–Crippen LogP) is 3.80. The normalized spacial score (nSPS) is 29.0. The third kappa shape index (κ3) is 2.75. The molecular weight excluding hydrogens is 290 g/mol. The molecule has 4 unspecified atom stereocenters.